The zero-order chi connectivity index (χ0) is 17.6. The lowest BCUT2D eigenvalue weighted by Gasteiger charge is -2.59. The number of thioether (sulfide) groups is 1. The second-order valence-electron chi connectivity index (χ2n) is 8.43. The molecule has 2 nitrogen and oxygen atoms in total. The Hall–Kier alpha value is -0.380. The summed E-state index contributed by atoms with van der Waals surface area (Å²) in [5.41, 5.74) is 0.350. The van der Waals surface area contributed by atoms with Crippen LogP contribution in [0.2, 0.25) is 10.0 Å². The smallest absolute Gasteiger partial charge is 0.230 e. The summed E-state index contributed by atoms with van der Waals surface area (Å²) in [4.78, 5) is 13.4. The molecule has 136 valence electrons. The number of rotatable bonds is 5. The molecule has 0 heterocycles. The van der Waals surface area contributed by atoms with Gasteiger partial charge in [0.15, 0.2) is 0 Å². The van der Waals surface area contributed by atoms with Crippen LogP contribution in [0.4, 0.5) is 0 Å². The molecular weight excluding hydrogens is 373 g/mol. The summed E-state index contributed by atoms with van der Waals surface area (Å²) in [7, 11) is 0. The predicted octanol–water partition coefficient (Wildman–Crippen LogP) is 5.81. The first-order valence-corrected chi connectivity index (χ1v) is 11.0. The van der Waals surface area contributed by atoms with Crippen molar-refractivity contribution < 1.29 is 4.79 Å². The lowest BCUT2D eigenvalue weighted by atomic mass is 9.48. The van der Waals surface area contributed by atoms with Crippen LogP contribution in [0.1, 0.15) is 45.4 Å². The number of halogens is 2. The SMILES string of the molecule is C[C@H](NC(=O)CSc1cc(Cl)ccc1Cl)C12CC3CC(CC(C3)C1)C2. The van der Waals surface area contributed by atoms with Crippen molar-refractivity contribution in [2.24, 2.45) is 23.2 Å². The molecule has 4 bridgehead atoms. The van der Waals surface area contributed by atoms with E-state index in [2.05, 4.69) is 12.2 Å². The Morgan fingerprint density at radius 3 is 2.40 bits per heavy atom. The molecule has 1 atom stereocenters. The van der Waals surface area contributed by atoms with Gasteiger partial charge < -0.3 is 5.32 Å². The molecule has 4 aliphatic rings. The summed E-state index contributed by atoms with van der Waals surface area (Å²) in [5.74, 6) is 3.21. The first kappa shape index (κ1) is 18.0. The average molecular weight is 398 g/mol. The molecule has 0 aliphatic heterocycles. The van der Waals surface area contributed by atoms with Gasteiger partial charge in [-0.3, -0.25) is 4.79 Å². The molecule has 1 amide bonds. The fourth-order valence-electron chi connectivity index (χ4n) is 5.88. The number of carbonyl (C=O) groups excluding carboxylic acids is 1. The molecule has 5 rings (SSSR count). The van der Waals surface area contributed by atoms with E-state index in [9.17, 15) is 4.79 Å². The maximum Gasteiger partial charge on any atom is 0.230 e. The zero-order valence-corrected chi connectivity index (χ0v) is 16.9. The van der Waals surface area contributed by atoms with E-state index in [0.717, 1.165) is 22.6 Å². The molecule has 0 aromatic heterocycles. The molecule has 5 heteroatoms. The Morgan fingerprint density at radius 2 is 1.80 bits per heavy atom. The van der Waals surface area contributed by atoms with E-state index in [4.69, 9.17) is 23.2 Å². The van der Waals surface area contributed by atoms with Crippen LogP contribution in [-0.2, 0) is 4.79 Å². The molecule has 4 saturated carbocycles. The quantitative estimate of drug-likeness (QED) is 0.635. The minimum absolute atomic E-state index is 0.101. The first-order valence-electron chi connectivity index (χ1n) is 9.31. The first-order chi connectivity index (χ1) is 11.9. The van der Waals surface area contributed by atoms with Gasteiger partial charge in [-0.25, -0.2) is 0 Å². The van der Waals surface area contributed by atoms with E-state index in [1.54, 1.807) is 12.1 Å². The molecule has 1 N–H and O–H groups in total. The van der Waals surface area contributed by atoms with Gasteiger partial charge in [0, 0.05) is 16.0 Å². The van der Waals surface area contributed by atoms with Crippen LogP contribution in [0.3, 0.4) is 0 Å². The third-order valence-corrected chi connectivity index (χ3v) is 8.37. The molecule has 1 aromatic carbocycles. The zero-order valence-electron chi connectivity index (χ0n) is 14.6. The lowest BCUT2D eigenvalue weighted by molar-refractivity contribution is -0.123. The number of nitrogens with one attached hydrogen (secondary N) is 1. The minimum Gasteiger partial charge on any atom is -0.352 e. The Bertz CT molecular complexity index is 642. The van der Waals surface area contributed by atoms with Crippen molar-refractivity contribution in [2.75, 3.05) is 5.75 Å². The number of benzene rings is 1. The molecule has 0 unspecified atom stereocenters. The van der Waals surface area contributed by atoms with E-state index in [1.807, 2.05) is 6.07 Å². The topological polar surface area (TPSA) is 29.1 Å². The van der Waals surface area contributed by atoms with Crippen LogP contribution in [0.15, 0.2) is 23.1 Å². The number of amides is 1. The standard InChI is InChI=1S/C20H25Cl2NOS/c1-12(20-8-13-4-14(9-20)6-15(5-13)10-20)23-19(24)11-25-18-7-16(21)2-3-17(18)22/h2-3,7,12-15H,4-6,8-11H2,1H3,(H,23,24)/t12-,13?,14?,15?,20?/m0/s1. The lowest BCUT2D eigenvalue weighted by Crippen LogP contribution is -2.56. The molecule has 25 heavy (non-hydrogen) atoms. The van der Waals surface area contributed by atoms with Crippen molar-refractivity contribution in [3.63, 3.8) is 0 Å². The van der Waals surface area contributed by atoms with Crippen LogP contribution in [0, 0.1) is 23.2 Å². The van der Waals surface area contributed by atoms with Gasteiger partial charge in [0.1, 0.15) is 0 Å². The molecule has 0 radical (unpaired) electrons. The van der Waals surface area contributed by atoms with Crippen molar-refractivity contribution in [2.45, 2.75) is 56.4 Å². The highest BCUT2D eigenvalue weighted by atomic mass is 35.5. The highest BCUT2D eigenvalue weighted by Crippen LogP contribution is 2.61. The highest BCUT2D eigenvalue weighted by Gasteiger charge is 2.53. The van der Waals surface area contributed by atoms with Crippen LogP contribution in [0.25, 0.3) is 0 Å². The molecule has 1 aromatic rings. The molecule has 0 spiro atoms. The van der Waals surface area contributed by atoms with Crippen molar-refractivity contribution in [3.8, 4) is 0 Å². The minimum atomic E-state index is 0.101. The fourth-order valence-corrected chi connectivity index (χ4v) is 7.18. The summed E-state index contributed by atoms with van der Waals surface area (Å²) < 4.78 is 0. The van der Waals surface area contributed by atoms with Crippen molar-refractivity contribution in [3.05, 3.63) is 28.2 Å². The van der Waals surface area contributed by atoms with E-state index in [1.165, 1.54) is 50.3 Å². The molecule has 4 fully saturated rings. The van der Waals surface area contributed by atoms with Gasteiger partial charge in [0.05, 0.1) is 10.8 Å². The number of carbonyl (C=O) groups is 1. The third-order valence-electron chi connectivity index (χ3n) is 6.63. The third kappa shape index (κ3) is 3.70. The summed E-state index contributed by atoms with van der Waals surface area (Å²) >= 11 is 13.7. The predicted molar refractivity (Wildman–Crippen MR) is 105 cm³/mol. The monoisotopic (exact) mass is 397 g/mol. The van der Waals surface area contributed by atoms with Crippen LogP contribution in [-0.4, -0.2) is 17.7 Å². The normalized spacial score (nSPS) is 34.1. The van der Waals surface area contributed by atoms with Gasteiger partial charge in [-0.1, -0.05) is 23.2 Å². The second kappa shape index (κ2) is 6.98. The van der Waals surface area contributed by atoms with Gasteiger partial charge in [-0.05, 0) is 86.8 Å². The van der Waals surface area contributed by atoms with E-state index < -0.39 is 0 Å². The second-order valence-corrected chi connectivity index (χ2v) is 10.3. The van der Waals surface area contributed by atoms with Gasteiger partial charge in [0.25, 0.3) is 0 Å². The molecule has 0 saturated heterocycles. The Labute approximate surface area is 164 Å². The molecule has 4 aliphatic carbocycles. The summed E-state index contributed by atoms with van der Waals surface area (Å²) in [5, 5.41) is 4.60. The largest absolute Gasteiger partial charge is 0.352 e. The Balaban J connectivity index is 1.35. The van der Waals surface area contributed by atoms with Crippen molar-refractivity contribution in [1.82, 2.24) is 5.32 Å². The Morgan fingerprint density at radius 1 is 1.20 bits per heavy atom. The molecular formula is C20H25Cl2NOS. The highest BCUT2D eigenvalue weighted by molar-refractivity contribution is 8.00. The summed E-state index contributed by atoms with van der Waals surface area (Å²) in [6.07, 6.45) is 8.24. The van der Waals surface area contributed by atoms with E-state index >= 15 is 0 Å². The number of hydrogen-bond donors (Lipinski definition) is 1. The van der Waals surface area contributed by atoms with Crippen LogP contribution >= 0.6 is 35.0 Å². The maximum absolute atomic E-state index is 12.5. The van der Waals surface area contributed by atoms with Crippen LogP contribution in [0.5, 0.6) is 0 Å². The average Bonchev–Trinajstić information content (AvgIpc) is 2.54. The van der Waals surface area contributed by atoms with Crippen LogP contribution < -0.4 is 5.32 Å². The summed E-state index contributed by atoms with van der Waals surface area (Å²) in [6, 6.07) is 5.64. The number of hydrogen-bond acceptors (Lipinski definition) is 2. The Kier molecular flexibility index (Phi) is 5.02. The van der Waals surface area contributed by atoms with Gasteiger partial charge in [-0.2, -0.15) is 0 Å². The van der Waals surface area contributed by atoms with Gasteiger partial charge in [-0.15, -0.1) is 11.8 Å². The van der Waals surface area contributed by atoms with Crippen molar-refractivity contribution >= 4 is 40.9 Å². The van der Waals surface area contributed by atoms with Crippen molar-refractivity contribution in [1.29, 1.82) is 0 Å². The van der Waals surface area contributed by atoms with E-state index in [0.29, 0.717) is 21.2 Å². The van der Waals surface area contributed by atoms with Gasteiger partial charge in [0.2, 0.25) is 5.91 Å². The summed E-state index contributed by atoms with van der Waals surface area (Å²) in [6.45, 7) is 2.22. The fraction of sp³-hybridized carbons (Fsp3) is 0.650. The maximum atomic E-state index is 12.5. The van der Waals surface area contributed by atoms with E-state index in [-0.39, 0.29) is 11.9 Å². The van der Waals surface area contributed by atoms with Gasteiger partial charge >= 0.3 is 0 Å².